The van der Waals surface area contributed by atoms with Crippen LogP contribution >= 0.6 is 0 Å². The Morgan fingerprint density at radius 3 is 2.36 bits per heavy atom. The first kappa shape index (κ1) is 13.4. The summed E-state index contributed by atoms with van der Waals surface area (Å²) in [6.45, 7) is 4.19. The van der Waals surface area contributed by atoms with Crippen LogP contribution in [0.1, 0.15) is 13.8 Å². The molecule has 84 valence electrons. The summed E-state index contributed by atoms with van der Waals surface area (Å²) < 4.78 is 31.8. The van der Waals surface area contributed by atoms with Gasteiger partial charge in [0.15, 0.2) is 9.84 Å². The van der Waals surface area contributed by atoms with E-state index in [4.69, 9.17) is 4.74 Å². The van der Waals surface area contributed by atoms with Gasteiger partial charge in [0.2, 0.25) is 0 Å². The molecule has 0 rings (SSSR count). The number of hydrogen-bond acceptors (Lipinski definition) is 5. The molecule has 0 N–H and O–H groups in total. The predicted octanol–water partition coefficient (Wildman–Crippen LogP) is 0.000800. The van der Waals surface area contributed by atoms with Crippen LogP contribution in [0.5, 0.6) is 0 Å². The van der Waals surface area contributed by atoms with Gasteiger partial charge in [0.25, 0.3) is 0 Å². The Kier molecular flexibility index (Phi) is 6.48. The number of hydrogen-bond donors (Lipinski definition) is 0. The van der Waals surface area contributed by atoms with Gasteiger partial charge in [-0.05, 0) is 13.8 Å². The second-order valence-electron chi connectivity index (χ2n) is 2.59. The third-order valence-electron chi connectivity index (χ3n) is 1.39. The van der Waals surface area contributed by atoms with Gasteiger partial charge in [-0.15, -0.1) is 0 Å². The van der Waals surface area contributed by atoms with Crippen LogP contribution in [-0.2, 0) is 24.1 Å². The lowest BCUT2D eigenvalue weighted by Gasteiger charge is -2.03. The van der Waals surface area contributed by atoms with Gasteiger partial charge in [0.1, 0.15) is 5.75 Å². The Balaban J connectivity index is 3.89. The van der Waals surface area contributed by atoms with Gasteiger partial charge < -0.3 is 9.47 Å². The molecule has 0 aliphatic rings. The standard InChI is InChI=1S/C8H16O5S/c1-3-12-5-6-14(10,11)7-8(9)13-4-2/h3-7H2,1-2H3. The Bertz CT molecular complexity index is 257. The number of carbonyl (C=O) groups excluding carboxylic acids is 1. The van der Waals surface area contributed by atoms with Gasteiger partial charge in [-0.25, -0.2) is 8.42 Å². The van der Waals surface area contributed by atoms with E-state index in [1.165, 1.54) is 0 Å². The van der Waals surface area contributed by atoms with Gasteiger partial charge in [0.05, 0.1) is 19.0 Å². The van der Waals surface area contributed by atoms with Crippen molar-refractivity contribution in [2.75, 3.05) is 31.3 Å². The lowest BCUT2D eigenvalue weighted by molar-refractivity contribution is -0.139. The summed E-state index contributed by atoms with van der Waals surface area (Å²) in [5.74, 6) is -1.41. The summed E-state index contributed by atoms with van der Waals surface area (Å²) in [6, 6.07) is 0. The Hall–Kier alpha value is -0.620. The average molecular weight is 224 g/mol. The molecule has 0 heterocycles. The predicted molar refractivity (Wildman–Crippen MR) is 51.8 cm³/mol. The molecule has 14 heavy (non-hydrogen) atoms. The van der Waals surface area contributed by atoms with E-state index in [0.717, 1.165) is 0 Å². The fraction of sp³-hybridized carbons (Fsp3) is 0.875. The van der Waals surface area contributed by atoms with Crippen molar-refractivity contribution in [2.45, 2.75) is 13.8 Å². The van der Waals surface area contributed by atoms with Crippen LogP contribution in [0.3, 0.4) is 0 Å². The van der Waals surface area contributed by atoms with Crippen molar-refractivity contribution in [2.24, 2.45) is 0 Å². The topological polar surface area (TPSA) is 69.7 Å². The van der Waals surface area contributed by atoms with Crippen LogP contribution in [0.2, 0.25) is 0 Å². The number of rotatable bonds is 7. The van der Waals surface area contributed by atoms with Crippen molar-refractivity contribution in [1.29, 1.82) is 0 Å². The lowest BCUT2D eigenvalue weighted by Crippen LogP contribution is -2.23. The molecule has 0 aromatic heterocycles. The van der Waals surface area contributed by atoms with Crippen LogP contribution < -0.4 is 0 Å². The van der Waals surface area contributed by atoms with Crippen molar-refractivity contribution < 1.29 is 22.7 Å². The minimum absolute atomic E-state index is 0.123. The van der Waals surface area contributed by atoms with Crippen LogP contribution in [0, 0.1) is 0 Å². The molecule has 0 aromatic carbocycles. The summed E-state index contributed by atoms with van der Waals surface area (Å²) in [5, 5.41) is 0. The van der Waals surface area contributed by atoms with Crippen LogP contribution in [-0.4, -0.2) is 45.7 Å². The molecule has 0 aromatic rings. The van der Waals surface area contributed by atoms with E-state index in [9.17, 15) is 13.2 Å². The van der Waals surface area contributed by atoms with Gasteiger partial charge in [-0.3, -0.25) is 4.79 Å². The zero-order valence-electron chi connectivity index (χ0n) is 8.49. The highest BCUT2D eigenvalue weighted by molar-refractivity contribution is 7.92. The number of carbonyl (C=O) groups is 1. The summed E-state index contributed by atoms with van der Waals surface area (Å²) in [7, 11) is -3.37. The van der Waals surface area contributed by atoms with Gasteiger partial charge >= 0.3 is 5.97 Å². The minimum atomic E-state index is -3.37. The molecule has 5 nitrogen and oxygen atoms in total. The number of sulfone groups is 1. The number of esters is 1. The molecule has 0 saturated carbocycles. The molecule has 0 fully saturated rings. The maximum atomic E-state index is 11.2. The molecule has 0 unspecified atom stereocenters. The van der Waals surface area contributed by atoms with Crippen LogP contribution in [0.4, 0.5) is 0 Å². The highest BCUT2D eigenvalue weighted by atomic mass is 32.2. The minimum Gasteiger partial charge on any atom is -0.465 e. The quantitative estimate of drug-likeness (QED) is 0.450. The first-order chi connectivity index (χ1) is 6.52. The average Bonchev–Trinajstić information content (AvgIpc) is 2.03. The monoisotopic (exact) mass is 224 g/mol. The zero-order valence-corrected chi connectivity index (χ0v) is 9.30. The van der Waals surface area contributed by atoms with E-state index in [-0.39, 0.29) is 19.0 Å². The van der Waals surface area contributed by atoms with Crippen molar-refractivity contribution >= 4 is 15.8 Å². The van der Waals surface area contributed by atoms with Crippen molar-refractivity contribution in [3.8, 4) is 0 Å². The van der Waals surface area contributed by atoms with E-state index in [1.54, 1.807) is 13.8 Å². The van der Waals surface area contributed by atoms with Gasteiger partial charge in [-0.2, -0.15) is 0 Å². The van der Waals surface area contributed by atoms with E-state index >= 15 is 0 Å². The molecule has 0 amide bonds. The first-order valence-corrected chi connectivity index (χ1v) is 6.27. The van der Waals surface area contributed by atoms with Gasteiger partial charge in [-0.1, -0.05) is 0 Å². The molecule has 0 spiro atoms. The fourth-order valence-electron chi connectivity index (χ4n) is 0.785. The summed E-state index contributed by atoms with van der Waals surface area (Å²) >= 11 is 0. The van der Waals surface area contributed by atoms with Crippen molar-refractivity contribution in [1.82, 2.24) is 0 Å². The maximum absolute atomic E-state index is 11.2. The smallest absolute Gasteiger partial charge is 0.321 e. The van der Waals surface area contributed by atoms with Crippen molar-refractivity contribution in [3.63, 3.8) is 0 Å². The molecule has 0 atom stereocenters. The lowest BCUT2D eigenvalue weighted by atomic mass is 10.8. The molecule has 0 aliphatic heterocycles. The van der Waals surface area contributed by atoms with Gasteiger partial charge in [0, 0.05) is 6.61 Å². The van der Waals surface area contributed by atoms with Crippen LogP contribution in [0.15, 0.2) is 0 Å². The highest BCUT2D eigenvalue weighted by Gasteiger charge is 2.16. The molecule has 6 heteroatoms. The Morgan fingerprint density at radius 1 is 1.21 bits per heavy atom. The Morgan fingerprint density at radius 2 is 1.86 bits per heavy atom. The molecule has 0 aliphatic carbocycles. The van der Waals surface area contributed by atoms with E-state index < -0.39 is 21.6 Å². The van der Waals surface area contributed by atoms with Crippen molar-refractivity contribution in [3.05, 3.63) is 0 Å². The molecule has 0 bridgehead atoms. The maximum Gasteiger partial charge on any atom is 0.321 e. The summed E-state index contributed by atoms with van der Waals surface area (Å²) in [4.78, 5) is 10.8. The Labute approximate surface area is 84.3 Å². The highest BCUT2D eigenvalue weighted by Crippen LogP contribution is 1.93. The molecular weight excluding hydrogens is 208 g/mol. The zero-order chi connectivity index (χ0) is 11.0. The second kappa shape index (κ2) is 6.78. The summed E-state index contributed by atoms with van der Waals surface area (Å²) in [5.41, 5.74) is 0. The SMILES string of the molecule is CCOCCS(=O)(=O)CC(=O)OCC. The number of ether oxygens (including phenoxy) is 2. The normalized spacial score (nSPS) is 11.3. The molecule has 0 radical (unpaired) electrons. The largest absolute Gasteiger partial charge is 0.465 e. The molecule has 0 saturated heterocycles. The van der Waals surface area contributed by atoms with E-state index in [0.29, 0.717) is 6.61 Å². The van der Waals surface area contributed by atoms with E-state index in [2.05, 4.69) is 4.74 Å². The van der Waals surface area contributed by atoms with Crippen LogP contribution in [0.25, 0.3) is 0 Å². The first-order valence-electron chi connectivity index (χ1n) is 4.45. The third-order valence-corrected chi connectivity index (χ3v) is 2.85. The molecular formula is C8H16O5S. The van der Waals surface area contributed by atoms with E-state index in [1.807, 2.05) is 0 Å². The third kappa shape index (κ3) is 6.85. The summed E-state index contributed by atoms with van der Waals surface area (Å²) in [6.07, 6.45) is 0. The second-order valence-corrected chi connectivity index (χ2v) is 4.78. The fourth-order valence-corrected chi connectivity index (χ4v) is 1.74.